The predicted molar refractivity (Wildman–Crippen MR) is 127 cm³/mol. The van der Waals surface area contributed by atoms with Gasteiger partial charge in [0.15, 0.2) is 5.78 Å². The smallest absolute Gasteiger partial charge is 0.163 e. The molecule has 2 aromatic carbocycles. The van der Waals surface area contributed by atoms with E-state index in [-0.39, 0.29) is 24.2 Å². The van der Waals surface area contributed by atoms with Gasteiger partial charge in [-0.25, -0.2) is 0 Å². The summed E-state index contributed by atoms with van der Waals surface area (Å²) in [6, 6.07) is 14.1. The fraction of sp³-hybridized carbons (Fsp3) is 0.458. The van der Waals surface area contributed by atoms with E-state index in [0.717, 1.165) is 24.2 Å². The summed E-state index contributed by atoms with van der Waals surface area (Å²) in [4.78, 5) is 16.4. The Morgan fingerprint density at radius 1 is 1.10 bits per heavy atom. The lowest BCUT2D eigenvalue weighted by Crippen LogP contribution is -2.62. The first-order valence-electron chi connectivity index (χ1n) is 10.5. The maximum absolute atomic E-state index is 13.9. The minimum absolute atomic E-state index is 0. The summed E-state index contributed by atoms with van der Waals surface area (Å²) in [6.07, 6.45) is 2.72. The molecule has 0 bridgehead atoms. The monoisotopic (exact) mass is 466 g/mol. The number of likely N-dealkylation sites (tertiary alicyclic amines) is 1. The second kappa shape index (κ2) is 9.58. The van der Waals surface area contributed by atoms with Crippen molar-refractivity contribution in [2.75, 3.05) is 19.6 Å². The third kappa shape index (κ3) is 4.42. The summed E-state index contributed by atoms with van der Waals surface area (Å²) >= 11 is 12.3. The van der Waals surface area contributed by atoms with E-state index in [2.05, 4.69) is 42.3 Å². The molecule has 0 amide bonds. The Morgan fingerprint density at radius 2 is 1.80 bits per heavy atom. The van der Waals surface area contributed by atoms with Crippen molar-refractivity contribution in [1.82, 2.24) is 10.2 Å². The molecule has 3 atom stereocenters. The van der Waals surface area contributed by atoms with Crippen LogP contribution in [0.25, 0.3) is 0 Å². The predicted octanol–water partition coefficient (Wildman–Crippen LogP) is 5.61. The average molecular weight is 468 g/mol. The zero-order chi connectivity index (χ0) is 20.6. The van der Waals surface area contributed by atoms with Crippen LogP contribution < -0.4 is 5.32 Å². The maximum Gasteiger partial charge on any atom is 0.163 e. The van der Waals surface area contributed by atoms with Gasteiger partial charge in [0.05, 0.1) is 10.0 Å². The summed E-state index contributed by atoms with van der Waals surface area (Å²) < 4.78 is 0. The van der Waals surface area contributed by atoms with Crippen LogP contribution in [0.5, 0.6) is 0 Å². The number of carbonyl (C=O) groups is 1. The standard InChI is InChI=1S/C24H28Cl2N2O.ClH/c1-16-17(2)27-24(15-28-11-5-6-12-28,20-8-4-3-7-19(16)20)23(29)14-18-9-10-21(25)22(26)13-18;/h3-4,7-10,13,16-17,27H,5-6,11-12,14-15H2,1-2H3;1H. The minimum atomic E-state index is -0.709. The summed E-state index contributed by atoms with van der Waals surface area (Å²) in [6.45, 7) is 7.23. The molecule has 1 saturated heterocycles. The molecule has 6 heteroatoms. The lowest BCUT2D eigenvalue weighted by molar-refractivity contribution is -0.127. The highest BCUT2D eigenvalue weighted by atomic mass is 35.5. The fourth-order valence-electron chi connectivity index (χ4n) is 4.86. The Kier molecular flexibility index (Phi) is 7.53. The zero-order valence-corrected chi connectivity index (χ0v) is 19.8. The number of rotatable bonds is 5. The third-order valence-corrected chi connectivity index (χ3v) is 7.36. The summed E-state index contributed by atoms with van der Waals surface area (Å²) in [5.74, 6) is 0.546. The third-order valence-electron chi connectivity index (χ3n) is 6.62. The van der Waals surface area contributed by atoms with Gasteiger partial charge in [-0.1, -0.05) is 60.5 Å². The molecule has 1 fully saturated rings. The van der Waals surface area contributed by atoms with E-state index in [0.29, 0.717) is 28.9 Å². The number of nitrogens with zero attached hydrogens (tertiary/aromatic N) is 1. The van der Waals surface area contributed by atoms with Gasteiger partial charge < -0.3 is 4.90 Å². The van der Waals surface area contributed by atoms with Crippen LogP contribution in [0.1, 0.15) is 49.3 Å². The van der Waals surface area contributed by atoms with Crippen molar-refractivity contribution in [1.29, 1.82) is 0 Å². The Bertz CT molecular complexity index is 913. The molecule has 3 nitrogen and oxygen atoms in total. The van der Waals surface area contributed by atoms with Crippen LogP contribution in [0.3, 0.4) is 0 Å². The van der Waals surface area contributed by atoms with Crippen molar-refractivity contribution < 1.29 is 4.79 Å². The molecular weight excluding hydrogens is 439 g/mol. The van der Waals surface area contributed by atoms with E-state index in [1.165, 1.54) is 18.4 Å². The number of carbonyl (C=O) groups excluding carboxylic acids is 1. The summed E-state index contributed by atoms with van der Waals surface area (Å²) in [7, 11) is 0. The minimum Gasteiger partial charge on any atom is -0.301 e. The molecule has 30 heavy (non-hydrogen) atoms. The highest BCUT2D eigenvalue weighted by Crippen LogP contribution is 2.39. The normalized spacial score (nSPS) is 26.1. The lowest BCUT2D eigenvalue weighted by Gasteiger charge is -2.46. The molecule has 3 unspecified atom stereocenters. The second-order valence-electron chi connectivity index (χ2n) is 8.55. The largest absolute Gasteiger partial charge is 0.301 e. The van der Waals surface area contributed by atoms with E-state index in [4.69, 9.17) is 23.2 Å². The Labute approximate surface area is 195 Å². The van der Waals surface area contributed by atoms with Crippen molar-refractivity contribution in [3.05, 3.63) is 69.2 Å². The zero-order valence-electron chi connectivity index (χ0n) is 17.5. The number of hydrogen-bond acceptors (Lipinski definition) is 3. The molecule has 0 aromatic heterocycles. The quantitative estimate of drug-likeness (QED) is 0.620. The molecule has 0 aliphatic carbocycles. The first kappa shape index (κ1) is 23.6. The average Bonchev–Trinajstić information content (AvgIpc) is 3.21. The molecule has 162 valence electrons. The van der Waals surface area contributed by atoms with E-state index < -0.39 is 5.54 Å². The maximum atomic E-state index is 13.9. The number of nitrogens with one attached hydrogen (secondary N) is 1. The lowest BCUT2D eigenvalue weighted by atomic mass is 9.72. The molecule has 2 aliphatic heterocycles. The Morgan fingerprint density at radius 3 is 2.50 bits per heavy atom. The van der Waals surface area contributed by atoms with Crippen molar-refractivity contribution in [3.8, 4) is 0 Å². The topological polar surface area (TPSA) is 32.3 Å². The SMILES string of the molecule is CC1NC(CN2CCCC2)(C(=O)Cc2ccc(Cl)c(Cl)c2)c2ccccc2C1C.Cl. The first-order valence-corrected chi connectivity index (χ1v) is 11.2. The van der Waals surface area contributed by atoms with Gasteiger partial charge in [0, 0.05) is 19.0 Å². The van der Waals surface area contributed by atoms with Gasteiger partial charge in [0.2, 0.25) is 0 Å². The van der Waals surface area contributed by atoms with E-state index >= 15 is 0 Å². The van der Waals surface area contributed by atoms with Crippen molar-refractivity contribution in [3.63, 3.8) is 0 Å². The molecule has 0 radical (unpaired) electrons. The van der Waals surface area contributed by atoms with Crippen LogP contribution >= 0.6 is 35.6 Å². The van der Waals surface area contributed by atoms with Gasteiger partial charge in [-0.05, 0) is 67.6 Å². The molecule has 2 aliphatic rings. The summed E-state index contributed by atoms with van der Waals surface area (Å²) in [5, 5.41) is 4.76. The number of halogens is 3. The number of ketones is 1. The van der Waals surface area contributed by atoms with Gasteiger partial charge in [-0.3, -0.25) is 10.1 Å². The van der Waals surface area contributed by atoms with Gasteiger partial charge in [0.1, 0.15) is 5.54 Å². The van der Waals surface area contributed by atoms with E-state index in [9.17, 15) is 4.79 Å². The Balaban J connectivity index is 0.00000256. The number of benzene rings is 2. The molecule has 0 saturated carbocycles. The highest BCUT2D eigenvalue weighted by molar-refractivity contribution is 6.42. The molecule has 2 heterocycles. The molecule has 4 rings (SSSR count). The van der Waals surface area contributed by atoms with Gasteiger partial charge in [0.25, 0.3) is 0 Å². The summed E-state index contributed by atoms with van der Waals surface area (Å²) in [5.41, 5.74) is 2.60. The van der Waals surface area contributed by atoms with E-state index in [1.807, 2.05) is 18.2 Å². The number of hydrogen-bond donors (Lipinski definition) is 1. The van der Waals surface area contributed by atoms with Gasteiger partial charge in [-0.15, -0.1) is 12.4 Å². The van der Waals surface area contributed by atoms with Crippen LogP contribution in [0.2, 0.25) is 10.0 Å². The first-order chi connectivity index (χ1) is 13.9. The van der Waals surface area contributed by atoms with Gasteiger partial charge >= 0.3 is 0 Å². The van der Waals surface area contributed by atoms with Crippen LogP contribution in [-0.4, -0.2) is 36.4 Å². The molecular formula is C24H29Cl3N2O. The molecule has 2 aromatic rings. The second-order valence-corrected chi connectivity index (χ2v) is 9.36. The van der Waals surface area contributed by atoms with Gasteiger partial charge in [-0.2, -0.15) is 0 Å². The highest BCUT2D eigenvalue weighted by Gasteiger charge is 2.47. The van der Waals surface area contributed by atoms with Crippen molar-refractivity contribution in [2.24, 2.45) is 0 Å². The fourth-order valence-corrected chi connectivity index (χ4v) is 5.18. The van der Waals surface area contributed by atoms with Crippen molar-refractivity contribution in [2.45, 2.75) is 50.6 Å². The van der Waals surface area contributed by atoms with Crippen LogP contribution in [0, 0.1) is 0 Å². The van der Waals surface area contributed by atoms with Crippen LogP contribution in [-0.2, 0) is 16.8 Å². The van der Waals surface area contributed by atoms with Crippen molar-refractivity contribution >= 4 is 41.4 Å². The van der Waals surface area contributed by atoms with Crippen LogP contribution in [0.15, 0.2) is 42.5 Å². The number of Topliss-reactive ketones (excluding diaryl/α,β-unsaturated/α-hetero) is 1. The van der Waals surface area contributed by atoms with Crippen LogP contribution in [0.4, 0.5) is 0 Å². The van der Waals surface area contributed by atoms with E-state index in [1.54, 1.807) is 6.07 Å². The molecule has 1 N–H and O–H groups in total. The molecule has 0 spiro atoms. The Hall–Kier alpha value is -1.10. The number of fused-ring (bicyclic) bond motifs is 1.